The lowest BCUT2D eigenvalue weighted by Crippen LogP contribution is -2.35. The quantitative estimate of drug-likeness (QED) is 0.696. The Hall–Kier alpha value is -1.36. The number of carbonyl (C=O) groups is 1. The molecule has 1 aromatic rings. The Morgan fingerprint density at radius 1 is 1.56 bits per heavy atom. The Morgan fingerprint density at radius 2 is 2.25 bits per heavy atom. The molecule has 1 aromatic heterocycles. The summed E-state index contributed by atoms with van der Waals surface area (Å²) in [6.45, 7) is 5.94. The van der Waals surface area contributed by atoms with Gasteiger partial charge in [0.1, 0.15) is 0 Å². The molecule has 0 aliphatic carbocycles. The molecule has 0 radical (unpaired) electrons. The van der Waals surface area contributed by atoms with E-state index < -0.39 is 0 Å². The van der Waals surface area contributed by atoms with Gasteiger partial charge in [-0.1, -0.05) is 13.8 Å². The first-order valence-electron chi connectivity index (χ1n) is 5.54. The Labute approximate surface area is 95.8 Å². The molecule has 0 aliphatic rings. The van der Waals surface area contributed by atoms with Gasteiger partial charge in [-0.25, -0.2) is 0 Å². The lowest BCUT2D eigenvalue weighted by atomic mass is 10.0. The van der Waals surface area contributed by atoms with Crippen molar-refractivity contribution in [1.29, 1.82) is 0 Å². The molecule has 5 nitrogen and oxygen atoms in total. The molecule has 1 heterocycles. The fourth-order valence-corrected chi connectivity index (χ4v) is 1.33. The summed E-state index contributed by atoms with van der Waals surface area (Å²) in [6.07, 6.45) is 3.83. The van der Waals surface area contributed by atoms with Gasteiger partial charge in [0.15, 0.2) is 0 Å². The number of H-pyrrole nitrogens is 1. The second-order valence-electron chi connectivity index (χ2n) is 4.43. The maximum atomic E-state index is 11.6. The number of aromatic amines is 1. The van der Waals surface area contributed by atoms with E-state index >= 15 is 0 Å². The minimum atomic E-state index is -0.0865. The maximum Gasteiger partial charge on any atom is 0.222 e. The van der Waals surface area contributed by atoms with Crippen molar-refractivity contribution in [3.63, 3.8) is 0 Å². The zero-order valence-corrected chi connectivity index (χ0v) is 10.0. The Bertz CT molecular complexity index is 321. The van der Waals surface area contributed by atoms with Crippen LogP contribution in [0.5, 0.6) is 0 Å². The van der Waals surface area contributed by atoms with Gasteiger partial charge < -0.3 is 11.1 Å². The number of aromatic nitrogens is 2. The number of nitrogens with zero attached hydrogens (tertiary/aromatic N) is 1. The van der Waals surface area contributed by atoms with E-state index in [1.54, 1.807) is 12.4 Å². The Balaban J connectivity index is 2.40. The highest BCUT2D eigenvalue weighted by atomic mass is 16.1. The van der Waals surface area contributed by atoms with Crippen molar-refractivity contribution in [2.45, 2.75) is 39.3 Å². The molecule has 5 heteroatoms. The molecule has 0 saturated carbocycles. The van der Waals surface area contributed by atoms with Gasteiger partial charge in [0.25, 0.3) is 0 Å². The van der Waals surface area contributed by atoms with Crippen molar-refractivity contribution in [3.8, 4) is 0 Å². The summed E-state index contributed by atoms with van der Waals surface area (Å²) in [4.78, 5) is 11.6. The molecule has 1 amide bonds. The second kappa shape index (κ2) is 5.65. The highest BCUT2D eigenvalue weighted by Crippen LogP contribution is 2.10. The number of hydrogen-bond donors (Lipinski definition) is 3. The summed E-state index contributed by atoms with van der Waals surface area (Å²) in [5.41, 5.74) is 6.80. The highest BCUT2D eigenvalue weighted by molar-refractivity contribution is 5.77. The van der Waals surface area contributed by atoms with Crippen molar-refractivity contribution in [2.24, 2.45) is 11.7 Å². The molecule has 4 N–H and O–H groups in total. The first kappa shape index (κ1) is 12.7. The molecule has 0 aromatic carbocycles. The van der Waals surface area contributed by atoms with E-state index in [1.807, 2.05) is 20.8 Å². The second-order valence-corrected chi connectivity index (χ2v) is 4.43. The zero-order valence-electron chi connectivity index (χ0n) is 10.0. The molecule has 0 fully saturated rings. The third-order valence-corrected chi connectivity index (χ3v) is 2.67. The van der Waals surface area contributed by atoms with Crippen molar-refractivity contribution < 1.29 is 4.79 Å². The third-order valence-electron chi connectivity index (χ3n) is 2.67. The fraction of sp³-hybridized carbons (Fsp3) is 0.636. The van der Waals surface area contributed by atoms with E-state index in [-0.39, 0.29) is 18.0 Å². The number of amides is 1. The summed E-state index contributed by atoms with van der Waals surface area (Å²) in [5, 5.41) is 9.44. The minimum Gasteiger partial charge on any atom is -0.349 e. The summed E-state index contributed by atoms with van der Waals surface area (Å²) in [7, 11) is 0. The summed E-state index contributed by atoms with van der Waals surface area (Å²) in [6, 6.07) is -0.123. The van der Waals surface area contributed by atoms with Crippen LogP contribution in [0, 0.1) is 5.92 Å². The monoisotopic (exact) mass is 224 g/mol. The van der Waals surface area contributed by atoms with Crippen LogP contribution in [0.1, 0.15) is 38.8 Å². The SMILES string of the molecule is CC(NC(=O)CC(N)C(C)C)c1cn[nH]c1. The van der Waals surface area contributed by atoms with Crippen LogP contribution < -0.4 is 11.1 Å². The topological polar surface area (TPSA) is 83.8 Å². The van der Waals surface area contributed by atoms with E-state index in [0.29, 0.717) is 12.3 Å². The zero-order chi connectivity index (χ0) is 12.1. The first-order chi connectivity index (χ1) is 7.50. The van der Waals surface area contributed by atoms with E-state index in [9.17, 15) is 4.79 Å². The van der Waals surface area contributed by atoms with Gasteiger partial charge in [-0.15, -0.1) is 0 Å². The van der Waals surface area contributed by atoms with Crippen LogP contribution in [0.15, 0.2) is 12.4 Å². The fourth-order valence-electron chi connectivity index (χ4n) is 1.33. The molecule has 2 atom stereocenters. The lowest BCUT2D eigenvalue weighted by molar-refractivity contribution is -0.122. The highest BCUT2D eigenvalue weighted by Gasteiger charge is 2.15. The van der Waals surface area contributed by atoms with Gasteiger partial charge in [0, 0.05) is 24.2 Å². The van der Waals surface area contributed by atoms with Gasteiger partial charge in [-0.2, -0.15) is 5.10 Å². The predicted molar refractivity (Wildman–Crippen MR) is 62.6 cm³/mol. The molecule has 0 spiro atoms. The van der Waals surface area contributed by atoms with Gasteiger partial charge >= 0.3 is 0 Å². The Morgan fingerprint density at radius 3 is 2.75 bits per heavy atom. The minimum absolute atomic E-state index is 0.0186. The largest absolute Gasteiger partial charge is 0.349 e. The van der Waals surface area contributed by atoms with Crippen molar-refractivity contribution in [2.75, 3.05) is 0 Å². The van der Waals surface area contributed by atoms with E-state index in [1.165, 1.54) is 0 Å². The summed E-state index contributed by atoms with van der Waals surface area (Å²) in [5.74, 6) is 0.296. The summed E-state index contributed by atoms with van der Waals surface area (Å²) >= 11 is 0. The molecule has 0 bridgehead atoms. The van der Waals surface area contributed by atoms with Crippen LogP contribution in [0.2, 0.25) is 0 Å². The van der Waals surface area contributed by atoms with Gasteiger partial charge in [0.05, 0.1) is 12.2 Å². The van der Waals surface area contributed by atoms with E-state index in [2.05, 4.69) is 15.5 Å². The number of carbonyl (C=O) groups excluding carboxylic acids is 1. The van der Waals surface area contributed by atoms with Crippen molar-refractivity contribution in [3.05, 3.63) is 18.0 Å². The number of nitrogens with two attached hydrogens (primary N) is 1. The normalized spacial score (nSPS) is 14.8. The van der Waals surface area contributed by atoms with Gasteiger partial charge in [-0.3, -0.25) is 9.89 Å². The van der Waals surface area contributed by atoms with Crippen LogP contribution in [-0.2, 0) is 4.79 Å². The van der Waals surface area contributed by atoms with Crippen LogP contribution in [0.4, 0.5) is 0 Å². The number of hydrogen-bond acceptors (Lipinski definition) is 3. The van der Waals surface area contributed by atoms with Gasteiger partial charge in [-0.05, 0) is 12.8 Å². The van der Waals surface area contributed by atoms with Crippen LogP contribution >= 0.6 is 0 Å². The average molecular weight is 224 g/mol. The van der Waals surface area contributed by atoms with Crippen molar-refractivity contribution in [1.82, 2.24) is 15.5 Å². The molecule has 16 heavy (non-hydrogen) atoms. The number of nitrogens with one attached hydrogen (secondary N) is 2. The molecule has 0 saturated heterocycles. The van der Waals surface area contributed by atoms with Crippen LogP contribution in [0.3, 0.4) is 0 Å². The lowest BCUT2D eigenvalue weighted by Gasteiger charge is -2.17. The molecule has 1 rings (SSSR count). The van der Waals surface area contributed by atoms with E-state index in [4.69, 9.17) is 5.73 Å². The maximum absolute atomic E-state index is 11.6. The Kier molecular flexibility index (Phi) is 4.49. The van der Waals surface area contributed by atoms with E-state index in [0.717, 1.165) is 5.56 Å². The van der Waals surface area contributed by atoms with Crippen molar-refractivity contribution >= 4 is 5.91 Å². The average Bonchev–Trinajstić information content (AvgIpc) is 2.69. The van der Waals surface area contributed by atoms with Gasteiger partial charge in [0.2, 0.25) is 5.91 Å². The number of rotatable bonds is 5. The molecule has 0 aliphatic heterocycles. The predicted octanol–water partition coefficient (Wildman–Crippen LogP) is 0.960. The molecule has 90 valence electrons. The third kappa shape index (κ3) is 3.66. The first-order valence-corrected chi connectivity index (χ1v) is 5.54. The standard InChI is InChI=1S/C11H20N4O/c1-7(2)10(12)4-11(16)15-8(3)9-5-13-14-6-9/h5-8,10H,4,12H2,1-3H3,(H,13,14)(H,15,16). The summed E-state index contributed by atoms with van der Waals surface area (Å²) < 4.78 is 0. The molecular formula is C11H20N4O. The van der Waals surface area contributed by atoms with Crippen LogP contribution in [0.25, 0.3) is 0 Å². The smallest absolute Gasteiger partial charge is 0.222 e. The molecule has 2 unspecified atom stereocenters. The van der Waals surface area contributed by atoms with Crippen LogP contribution in [-0.4, -0.2) is 22.1 Å². The molecular weight excluding hydrogens is 204 g/mol.